The monoisotopic (exact) mass is 161 g/mol. The van der Waals surface area contributed by atoms with E-state index in [0.29, 0.717) is 0 Å². The molecule has 0 radical (unpaired) electrons. The molecule has 0 aliphatic heterocycles. The van der Waals surface area contributed by atoms with Gasteiger partial charge in [0.05, 0.1) is 0 Å². The van der Waals surface area contributed by atoms with Gasteiger partial charge in [-0.15, -0.1) is 0 Å². The molecule has 0 aliphatic carbocycles. The van der Waals surface area contributed by atoms with Crippen molar-refractivity contribution in [3.8, 4) is 6.07 Å². The average molecular weight is 161 g/mol. The molecule has 0 saturated heterocycles. The van der Waals surface area contributed by atoms with Crippen molar-refractivity contribution in [3.05, 3.63) is 35.4 Å². The molecular weight excluding hydrogens is 148 g/mol. The predicted molar refractivity (Wildman–Crippen MR) is 47.8 cm³/mol. The van der Waals surface area contributed by atoms with E-state index in [-0.39, 0.29) is 0 Å². The Balaban J connectivity index is 2.91. The molecule has 1 rings (SSSR count). The third kappa shape index (κ3) is 2.08. The Bertz CT molecular complexity index is 297. The van der Waals surface area contributed by atoms with Crippen LogP contribution < -0.4 is 5.26 Å². The molecule has 0 bridgehead atoms. The van der Waals surface area contributed by atoms with Crippen LogP contribution in [0.4, 0.5) is 0 Å². The van der Waals surface area contributed by atoms with Gasteiger partial charge in [-0.1, -0.05) is 23.5 Å². The summed E-state index contributed by atoms with van der Waals surface area (Å²) in [5.41, 5.74) is 2.03. The minimum atomic E-state index is 0.863. The van der Waals surface area contributed by atoms with Crippen LogP contribution in [-0.2, 0) is 6.54 Å². The zero-order valence-electron chi connectivity index (χ0n) is 7.46. The van der Waals surface area contributed by atoms with Gasteiger partial charge in [0.25, 0.3) is 0 Å². The van der Waals surface area contributed by atoms with E-state index in [1.165, 1.54) is 0 Å². The van der Waals surface area contributed by atoms with Crippen molar-refractivity contribution in [1.29, 1.82) is 0 Å². The number of nitrogens with zero attached hydrogens (tertiary/aromatic N) is 1. The van der Waals surface area contributed by atoms with Crippen molar-refractivity contribution in [1.82, 2.24) is 4.90 Å². The summed E-state index contributed by atoms with van der Waals surface area (Å²) < 4.78 is 0. The SMILES string of the molecule is CN(C)Cc1ccccc1C#[NH+]. The van der Waals surface area contributed by atoms with Gasteiger partial charge in [-0.3, -0.25) is 0 Å². The molecule has 0 heterocycles. The lowest BCUT2D eigenvalue weighted by atomic mass is 10.1. The normalized spacial score (nSPS) is 9.83. The van der Waals surface area contributed by atoms with Crippen LogP contribution in [0.2, 0.25) is 0 Å². The number of hydrogen-bond acceptors (Lipinski definition) is 1. The second kappa shape index (κ2) is 3.89. The van der Waals surface area contributed by atoms with Crippen LogP contribution in [0.3, 0.4) is 0 Å². The Hall–Kier alpha value is -1.33. The summed E-state index contributed by atoms with van der Waals surface area (Å²) in [6.45, 7) is 0.863. The lowest BCUT2D eigenvalue weighted by molar-refractivity contribution is -0.0909. The Kier molecular flexibility index (Phi) is 2.84. The summed E-state index contributed by atoms with van der Waals surface area (Å²) >= 11 is 0. The van der Waals surface area contributed by atoms with Crippen molar-refractivity contribution in [2.75, 3.05) is 14.1 Å². The highest BCUT2D eigenvalue weighted by molar-refractivity contribution is 5.36. The molecule has 2 nitrogen and oxygen atoms in total. The van der Waals surface area contributed by atoms with Gasteiger partial charge in [0.15, 0.2) is 0 Å². The smallest absolute Gasteiger partial charge is 0.305 e. The molecule has 12 heavy (non-hydrogen) atoms. The highest BCUT2D eigenvalue weighted by Gasteiger charge is 2.03. The van der Waals surface area contributed by atoms with Gasteiger partial charge < -0.3 is 4.90 Å². The van der Waals surface area contributed by atoms with E-state index in [4.69, 9.17) is 5.26 Å². The molecule has 0 fully saturated rings. The summed E-state index contributed by atoms with van der Waals surface area (Å²) in [5.74, 6) is 0. The summed E-state index contributed by atoms with van der Waals surface area (Å²) in [6.07, 6.45) is 0. The van der Waals surface area contributed by atoms with E-state index in [9.17, 15) is 0 Å². The lowest BCUT2D eigenvalue weighted by Gasteiger charge is -2.09. The second-order valence-electron chi connectivity index (χ2n) is 3.02. The molecule has 1 aromatic carbocycles. The first-order valence-corrected chi connectivity index (χ1v) is 3.89. The van der Waals surface area contributed by atoms with Gasteiger partial charge in [0, 0.05) is 6.54 Å². The van der Waals surface area contributed by atoms with E-state index in [1.807, 2.05) is 38.4 Å². The van der Waals surface area contributed by atoms with Crippen LogP contribution in [0.5, 0.6) is 0 Å². The molecule has 0 aromatic heterocycles. The Morgan fingerprint density at radius 2 is 2.00 bits per heavy atom. The van der Waals surface area contributed by atoms with Crippen LogP contribution in [-0.4, -0.2) is 19.0 Å². The molecule has 0 amide bonds. The van der Waals surface area contributed by atoms with E-state index in [1.54, 1.807) is 0 Å². The molecule has 0 atom stereocenters. The van der Waals surface area contributed by atoms with E-state index in [0.717, 1.165) is 17.7 Å². The summed E-state index contributed by atoms with van der Waals surface area (Å²) in [7, 11) is 4.03. The minimum absolute atomic E-state index is 0.863. The molecule has 1 N–H and O–H groups in total. The van der Waals surface area contributed by atoms with Crippen LogP contribution in [0, 0.1) is 6.07 Å². The molecule has 62 valence electrons. The third-order valence-electron chi connectivity index (χ3n) is 1.64. The first kappa shape index (κ1) is 8.76. The molecule has 0 unspecified atom stereocenters. The molecule has 0 spiro atoms. The molecule has 1 aromatic rings. The van der Waals surface area contributed by atoms with Crippen LogP contribution in [0.1, 0.15) is 11.1 Å². The molecule has 0 saturated carbocycles. The Labute approximate surface area is 73.0 Å². The van der Waals surface area contributed by atoms with Crippen LogP contribution >= 0.6 is 0 Å². The maximum Gasteiger partial charge on any atom is 0.308 e. The first-order chi connectivity index (χ1) is 5.74. The fourth-order valence-electron chi connectivity index (χ4n) is 1.12. The lowest BCUT2D eigenvalue weighted by Crippen LogP contribution is -2.19. The number of nitrogens with one attached hydrogen (secondary N) is 1. The summed E-state index contributed by atoms with van der Waals surface area (Å²) in [6, 6.07) is 10.3. The summed E-state index contributed by atoms with van der Waals surface area (Å²) in [5, 5.41) is 7.06. The topological polar surface area (TPSA) is 27.0 Å². The van der Waals surface area contributed by atoms with E-state index < -0.39 is 0 Å². The maximum absolute atomic E-state index is 7.06. The second-order valence-corrected chi connectivity index (χ2v) is 3.02. The van der Waals surface area contributed by atoms with Crippen LogP contribution in [0.15, 0.2) is 24.3 Å². The highest BCUT2D eigenvalue weighted by Crippen LogP contribution is 2.07. The van der Waals surface area contributed by atoms with Gasteiger partial charge in [-0.05, 0) is 25.7 Å². The third-order valence-corrected chi connectivity index (χ3v) is 1.64. The highest BCUT2D eigenvalue weighted by atomic mass is 15.0. The fraction of sp³-hybridized carbons (Fsp3) is 0.300. The average Bonchev–Trinajstić information content (AvgIpc) is 2.04. The Morgan fingerprint density at radius 3 is 2.58 bits per heavy atom. The van der Waals surface area contributed by atoms with Crippen molar-refractivity contribution in [3.63, 3.8) is 0 Å². The predicted octanol–water partition coefficient (Wildman–Crippen LogP) is -0.131. The molecule has 0 aliphatic rings. The summed E-state index contributed by atoms with van der Waals surface area (Å²) in [4.78, 5) is 2.08. The number of benzene rings is 1. The number of rotatable bonds is 2. The van der Waals surface area contributed by atoms with Gasteiger partial charge in [0.2, 0.25) is 0 Å². The largest absolute Gasteiger partial charge is 0.308 e. The fourth-order valence-corrected chi connectivity index (χ4v) is 1.12. The van der Waals surface area contributed by atoms with Crippen LogP contribution in [0.25, 0.3) is 0 Å². The maximum atomic E-state index is 7.06. The standard InChI is InChI=1S/C10H12N2/c1-12(2)8-10-6-4-3-5-9(10)7-11/h3-6H,8H2,1-2H3/p+1. The van der Waals surface area contributed by atoms with E-state index >= 15 is 0 Å². The van der Waals surface area contributed by atoms with Gasteiger partial charge in [-0.2, -0.15) is 0 Å². The first-order valence-electron chi connectivity index (χ1n) is 3.89. The van der Waals surface area contributed by atoms with Gasteiger partial charge in [0.1, 0.15) is 5.56 Å². The van der Waals surface area contributed by atoms with Crippen molar-refractivity contribution >= 4 is 0 Å². The molecular formula is C10H13N2+. The van der Waals surface area contributed by atoms with Gasteiger partial charge >= 0.3 is 6.07 Å². The minimum Gasteiger partial charge on any atom is -0.305 e. The molecule has 2 heteroatoms. The number of hydrogen-bond donors (Lipinski definition) is 1. The zero-order valence-corrected chi connectivity index (χ0v) is 7.46. The quantitative estimate of drug-likeness (QED) is 0.642. The van der Waals surface area contributed by atoms with Crippen molar-refractivity contribution < 1.29 is 5.26 Å². The van der Waals surface area contributed by atoms with E-state index in [2.05, 4.69) is 11.0 Å². The zero-order chi connectivity index (χ0) is 8.97. The van der Waals surface area contributed by atoms with Crippen molar-refractivity contribution in [2.24, 2.45) is 0 Å². The Morgan fingerprint density at radius 1 is 1.33 bits per heavy atom. The van der Waals surface area contributed by atoms with Gasteiger partial charge in [-0.25, -0.2) is 0 Å². The van der Waals surface area contributed by atoms with Crippen molar-refractivity contribution in [2.45, 2.75) is 6.54 Å².